The highest BCUT2D eigenvalue weighted by Crippen LogP contribution is 2.26. The summed E-state index contributed by atoms with van der Waals surface area (Å²) in [4.78, 5) is 16.0. The number of nitrogen functional groups attached to an aromatic ring is 1. The highest BCUT2D eigenvalue weighted by Gasteiger charge is 2.31. The molecule has 2 rings (SSSR count). The summed E-state index contributed by atoms with van der Waals surface area (Å²) in [7, 11) is 1.70. The first kappa shape index (κ1) is 14.7. The Morgan fingerprint density at radius 1 is 1.30 bits per heavy atom. The molecule has 1 heterocycles. The molecule has 0 bridgehead atoms. The summed E-state index contributed by atoms with van der Waals surface area (Å²) in [5, 5.41) is 0. The summed E-state index contributed by atoms with van der Waals surface area (Å²) >= 11 is 0. The third-order valence-corrected chi connectivity index (χ3v) is 3.86. The average molecular weight is 277 g/mol. The summed E-state index contributed by atoms with van der Waals surface area (Å²) in [5.74, 6) is 0. The summed E-state index contributed by atoms with van der Waals surface area (Å²) < 4.78 is 5.39. The third-order valence-electron chi connectivity index (χ3n) is 3.86. The Balaban J connectivity index is 2.01. The van der Waals surface area contributed by atoms with E-state index in [1.807, 2.05) is 43.0 Å². The van der Waals surface area contributed by atoms with Gasteiger partial charge in [0, 0.05) is 26.7 Å². The normalized spacial score (nSPS) is 16.1. The van der Waals surface area contributed by atoms with E-state index in [0.29, 0.717) is 18.8 Å². The number of hydrogen-bond acceptors (Lipinski definition) is 3. The molecule has 1 aliphatic heterocycles. The van der Waals surface area contributed by atoms with Gasteiger partial charge in [0.25, 0.3) is 0 Å². The van der Waals surface area contributed by atoms with E-state index < -0.39 is 0 Å². The average Bonchev–Trinajstić information content (AvgIpc) is 2.79. The number of methoxy groups -OCH3 is 1. The van der Waals surface area contributed by atoms with Crippen molar-refractivity contribution in [1.82, 2.24) is 4.90 Å². The van der Waals surface area contributed by atoms with E-state index in [-0.39, 0.29) is 11.6 Å². The number of carbonyl (C=O) groups excluding carboxylic acids is 1. The maximum absolute atomic E-state index is 12.4. The minimum Gasteiger partial charge on any atom is -0.397 e. The van der Waals surface area contributed by atoms with Crippen molar-refractivity contribution in [2.24, 2.45) is 0 Å². The third kappa shape index (κ3) is 3.04. The molecule has 20 heavy (non-hydrogen) atoms. The number of hydrogen-bond donors (Lipinski definition) is 1. The van der Waals surface area contributed by atoms with Crippen molar-refractivity contribution in [1.29, 1.82) is 0 Å². The Morgan fingerprint density at radius 3 is 2.65 bits per heavy atom. The van der Waals surface area contributed by atoms with Crippen LogP contribution in [0.1, 0.15) is 20.3 Å². The van der Waals surface area contributed by atoms with Crippen molar-refractivity contribution in [3.63, 3.8) is 0 Å². The number of para-hydroxylation sites is 2. The van der Waals surface area contributed by atoms with Gasteiger partial charge in [0.2, 0.25) is 0 Å². The second kappa shape index (κ2) is 5.71. The second-order valence-corrected chi connectivity index (χ2v) is 5.69. The lowest BCUT2D eigenvalue weighted by Gasteiger charge is -2.26. The van der Waals surface area contributed by atoms with Crippen LogP contribution >= 0.6 is 0 Å². The van der Waals surface area contributed by atoms with Gasteiger partial charge in [0.15, 0.2) is 0 Å². The SMILES string of the molecule is COC(C)(C)CCN1CCN(c2ccccc2N)C1=O. The van der Waals surface area contributed by atoms with Gasteiger partial charge in [-0.05, 0) is 32.4 Å². The number of amides is 2. The summed E-state index contributed by atoms with van der Waals surface area (Å²) in [6, 6.07) is 7.50. The van der Waals surface area contributed by atoms with Crippen molar-refractivity contribution in [2.75, 3.05) is 37.4 Å². The number of carbonyl (C=O) groups is 1. The molecular formula is C15H23N3O2. The zero-order chi connectivity index (χ0) is 14.8. The number of urea groups is 1. The van der Waals surface area contributed by atoms with Gasteiger partial charge < -0.3 is 15.4 Å². The summed E-state index contributed by atoms with van der Waals surface area (Å²) in [6.45, 7) is 6.16. The lowest BCUT2D eigenvalue weighted by molar-refractivity contribution is 0.0111. The molecular weight excluding hydrogens is 254 g/mol. The van der Waals surface area contributed by atoms with Crippen LogP contribution in [0.3, 0.4) is 0 Å². The highest BCUT2D eigenvalue weighted by atomic mass is 16.5. The summed E-state index contributed by atoms with van der Waals surface area (Å²) in [5.41, 5.74) is 7.17. The molecule has 110 valence electrons. The van der Waals surface area contributed by atoms with Gasteiger partial charge in [0.05, 0.1) is 17.0 Å². The molecule has 0 unspecified atom stereocenters. The lowest BCUT2D eigenvalue weighted by atomic mass is 10.1. The molecule has 1 aromatic carbocycles. The van der Waals surface area contributed by atoms with Gasteiger partial charge in [-0.2, -0.15) is 0 Å². The fraction of sp³-hybridized carbons (Fsp3) is 0.533. The van der Waals surface area contributed by atoms with Crippen LogP contribution in [0.5, 0.6) is 0 Å². The number of anilines is 2. The van der Waals surface area contributed by atoms with Gasteiger partial charge in [0.1, 0.15) is 0 Å². The van der Waals surface area contributed by atoms with Gasteiger partial charge in [-0.1, -0.05) is 12.1 Å². The number of nitrogens with zero attached hydrogens (tertiary/aromatic N) is 2. The minimum atomic E-state index is -0.209. The molecule has 0 radical (unpaired) electrons. The Morgan fingerprint density at radius 2 is 2.00 bits per heavy atom. The molecule has 2 N–H and O–H groups in total. The van der Waals surface area contributed by atoms with Crippen LogP contribution in [0.15, 0.2) is 24.3 Å². The van der Waals surface area contributed by atoms with E-state index >= 15 is 0 Å². The van der Waals surface area contributed by atoms with E-state index in [2.05, 4.69) is 0 Å². The monoisotopic (exact) mass is 277 g/mol. The molecule has 2 amide bonds. The van der Waals surface area contributed by atoms with Crippen LogP contribution in [0.25, 0.3) is 0 Å². The first-order valence-electron chi connectivity index (χ1n) is 6.91. The predicted octanol–water partition coefficient (Wildman–Crippen LogP) is 2.33. The fourth-order valence-electron chi connectivity index (χ4n) is 2.25. The fourth-order valence-corrected chi connectivity index (χ4v) is 2.25. The van der Waals surface area contributed by atoms with Crippen molar-refractivity contribution in [3.05, 3.63) is 24.3 Å². The van der Waals surface area contributed by atoms with E-state index in [9.17, 15) is 4.79 Å². The largest absolute Gasteiger partial charge is 0.397 e. The van der Waals surface area contributed by atoms with Crippen molar-refractivity contribution >= 4 is 17.4 Å². The maximum Gasteiger partial charge on any atom is 0.324 e. The first-order valence-corrected chi connectivity index (χ1v) is 6.91. The Kier molecular flexibility index (Phi) is 4.18. The molecule has 0 saturated carbocycles. The van der Waals surface area contributed by atoms with E-state index in [1.165, 1.54) is 0 Å². The number of rotatable bonds is 5. The topological polar surface area (TPSA) is 58.8 Å². The first-order chi connectivity index (χ1) is 9.44. The van der Waals surface area contributed by atoms with E-state index in [1.54, 1.807) is 12.0 Å². The number of benzene rings is 1. The van der Waals surface area contributed by atoms with Crippen molar-refractivity contribution < 1.29 is 9.53 Å². The quantitative estimate of drug-likeness (QED) is 0.840. The van der Waals surface area contributed by atoms with Crippen LogP contribution in [0.2, 0.25) is 0 Å². The molecule has 0 atom stereocenters. The second-order valence-electron chi connectivity index (χ2n) is 5.69. The molecule has 0 aromatic heterocycles. The van der Waals surface area contributed by atoms with Crippen LogP contribution < -0.4 is 10.6 Å². The maximum atomic E-state index is 12.4. The van der Waals surface area contributed by atoms with Crippen LogP contribution in [-0.2, 0) is 4.74 Å². The van der Waals surface area contributed by atoms with Crippen molar-refractivity contribution in [3.8, 4) is 0 Å². The predicted molar refractivity (Wildman–Crippen MR) is 80.9 cm³/mol. The molecule has 1 aromatic rings. The zero-order valence-corrected chi connectivity index (χ0v) is 12.4. The lowest BCUT2D eigenvalue weighted by Crippen LogP contribution is -2.36. The molecule has 5 heteroatoms. The molecule has 0 spiro atoms. The summed E-state index contributed by atoms with van der Waals surface area (Å²) in [6.07, 6.45) is 0.813. The zero-order valence-electron chi connectivity index (χ0n) is 12.4. The Labute approximate surface area is 120 Å². The van der Waals surface area contributed by atoms with Crippen LogP contribution in [0.4, 0.5) is 16.2 Å². The molecule has 1 saturated heterocycles. The Bertz CT molecular complexity index is 488. The van der Waals surface area contributed by atoms with Gasteiger partial charge in [-0.15, -0.1) is 0 Å². The number of ether oxygens (including phenoxy) is 1. The van der Waals surface area contributed by atoms with Gasteiger partial charge in [-0.25, -0.2) is 4.79 Å². The molecule has 1 fully saturated rings. The standard InChI is InChI=1S/C15H23N3O2/c1-15(2,20-3)8-9-17-10-11-18(14(17)19)13-7-5-4-6-12(13)16/h4-7H,8-11,16H2,1-3H3. The smallest absolute Gasteiger partial charge is 0.324 e. The van der Waals surface area contributed by atoms with Crippen molar-refractivity contribution in [2.45, 2.75) is 25.9 Å². The minimum absolute atomic E-state index is 0.0230. The molecule has 0 aliphatic carbocycles. The van der Waals surface area contributed by atoms with E-state index in [0.717, 1.165) is 18.7 Å². The highest BCUT2D eigenvalue weighted by molar-refractivity contribution is 5.97. The van der Waals surface area contributed by atoms with Gasteiger partial charge >= 0.3 is 6.03 Å². The molecule has 5 nitrogen and oxygen atoms in total. The van der Waals surface area contributed by atoms with E-state index in [4.69, 9.17) is 10.5 Å². The number of nitrogens with two attached hydrogens (primary N) is 1. The molecule has 1 aliphatic rings. The van der Waals surface area contributed by atoms with Crippen LogP contribution in [0, 0.1) is 0 Å². The Hall–Kier alpha value is -1.75. The van der Waals surface area contributed by atoms with Gasteiger partial charge in [-0.3, -0.25) is 4.90 Å². The van der Waals surface area contributed by atoms with Crippen LogP contribution in [-0.4, -0.2) is 43.3 Å².